The first-order chi connectivity index (χ1) is 4.63. The first-order valence-electron chi connectivity index (χ1n) is 2.72. The number of alkyl halides is 1. The third kappa shape index (κ3) is 0.943. The SMILES string of the molecule is C=C1C=CC(O)=C(F)C1F. The van der Waals surface area contributed by atoms with Gasteiger partial charge in [-0.05, 0) is 11.6 Å². The van der Waals surface area contributed by atoms with Crippen molar-refractivity contribution in [3.05, 3.63) is 35.9 Å². The summed E-state index contributed by atoms with van der Waals surface area (Å²) in [6, 6.07) is 0. The molecule has 1 aliphatic rings. The molecule has 1 rings (SSSR count). The Kier molecular flexibility index (Phi) is 1.57. The summed E-state index contributed by atoms with van der Waals surface area (Å²) in [7, 11) is 0. The van der Waals surface area contributed by atoms with Crippen molar-refractivity contribution in [2.24, 2.45) is 0 Å². The van der Waals surface area contributed by atoms with Crippen LogP contribution >= 0.6 is 0 Å². The van der Waals surface area contributed by atoms with Crippen LogP contribution in [0.15, 0.2) is 35.9 Å². The topological polar surface area (TPSA) is 20.2 Å². The van der Waals surface area contributed by atoms with Crippen molar-refractivity contribution in [1.29, 1.82) is 0 Å². The van der Waals surface area contributed by atoms with Gasteiger partial charge >= 0.3 is 0 Å². The van der Waals surface area contributed by atoms with Crippen LogP contribution in [0.2, 0.25) is 0 Å². The van der Waals surface area contributed by atoms with E-state index in [0.29, 0.717) is 0 Å². The number of rotatable bonds is 0. The molecular formula is C7H6F2O. The highest BCUT2D eigenvalue weighted by molar-refractivity contribution is 5.37. The third-order valence-electron chi connectivity index (χ3n) is 1.25. The van der Waals surface area contributed by atoms with E-state index >= 15 is 0 Å². The zero-order chi connectivity index (χ0) is 7.72. The largest absolute Gasteiger partial charge is 0.505 e. The standard InChI is InChI=1S/C7H6F2O/c1-4-2-3-5(10)7(9)6(4)8/h2-3,6,10H,1H2. The quantitative estimate of drug-likeness (QED) is 0.552. The van der Waals surface area contributed by atoms with Crippen molar-refractivity contribution in [2.45, 2.75) is 6.17 Å². The highest BCUT2D eigenvalue weighted by Crippen LogP contribution is 2.24. The number of aliphatic hydroxyl groups excluding tert-OH is 1. The molecule has 0 saturated heterocycles. The number of hydrogen-bond acceptors (Lipinski definition) is 1. The van der Waals surface area contributed by atoms with Crippen LogP contribution in [0.1, 0.15) is 0 Å². The molecule has 1 atom stereocenters. The normalized spacial score (nSPS) is 25.8. The van der Waals surface area contributed by atoms with Gasteiger partial charge in [-0.15, -0.1) is 0 Å². The van der Waals surface area contributed by atoms with Gasteiger partial charge in [0.1, 0.15) is 5.76 Å². The Morgan fingerprint density at radius 2 is 2.10 bits per heavy atom. The molecule has 0 aliphatic heterocycles. The maximum absolute atomic E-state index is 12.5. The molecule has 0 amide bonds. The van der Waals surface area contributed by atoms with Gasteiger partial charge in [0.2, 0.25) is 0 Å². The van der Waals surface area contributed by atoms with Gasteiger partial charge in [0, 0.05) is 0 Å². The summed E-state index contributed by atoms with van der Waals surface area (Å²) >= 11 is 0. The molecule has 1 unspecified atom stereocenters. The Morgan fingerprint density at radius 3 is 2.60 bits per heavy atom. The lowest BCUT2D eigenvalue weighted by Crippen LogP contribution is -2.08. The summed E-state index contributed by atoms with van der Waals surface area (Å²) in [5, 5.41) is 8.60. The molecule has 0 saturated carbocycles. The molecule has 54 valence electrons. The molecule has 1 N–H and O–H groups in total. The van der Waals surface area contributed by atoms with E-state index in [1.165, 1.54) is 6.08 Å². The molecule has 1 nitrogen and oxygen atoms in total. The summed E-state index contributed by atoms with van der Waals surface area (Å²) < 4.78 is 24.8. The second-order valence-corrected chi connectivity index (χ2v) is 2.00. The lowest BCUT2D eigenvalue weighted by Gasteiger charge is -2.10. The van der Waals surface area contributed by atoms with Crippen LogP contribution in [0.3, 0.4) is 0 Å². The summed E-state index contributed by atoms with van der Waals surface area (Å²) in [6.45, 7) is 3.23. The number of hydrogen-bond donors (Lipinski definition) is 1. The Hall–Kier alpha value is -1.12. The third-order valence-corrected chi connectivity index (χ3v) is 1.25. The van der Waals surface area contributed by atoms with E-state index in [9.17, 15) is 8.78 Å². The molecule has 10 heavy (non-hydrogen) atoms. The Balaban J connectivity index is 2.99. The van der Waals surface area contributed by atoms with Gasteiger partial charge in [-0.1, -0.05) is 12.7 Å². The van der Waals surface area contributed by atoms with Gasteiger partial charge in [0.25, 0.3) is 0 Å². The predicted octanol–water partition coefficient (Wildman–Crippen LogP) is 2.19. The van der Waals surface area contributed by atoms with Crippen LogP contribution in [0.5, 0.6) is 0 Å². The van der Waals surface area contributed by atoms with Crippen LogP contribution in [-0.2, 0) is 0 Å². The molecule has 0 radical (unpaired) electrons. The van der Waals surface area contributed by atoms with Gasteiger partial charge in [0.05, 0.1) is 0 Å². The maximum atomic E-state index is 12.5. The average Bonchev–Trinajstić information content (AvgIpc) is 1.93. The highest BCUT2D eigenvalue weighted by Gasteiger charge is 2.21. The summed E-state index contributed by atoms with van der Waals surface area (Å²) in [5.74, 6) is -1.81. The van der Waals surface area contributed by atoms with Crippen molar-refractivity contribution in [3.8, 4) is 0 Å². The average molecular weight is 144 g/mol. The van der Waals surface area contributed by atoms with Gasteiger partial charge in [0.15, 0.2) is 12.0 Å². The summed E-state index contributed by atoms with van der Waals surface area (Å²) in [5.41, 5.74) is 0.0234. The number of aliphatic hydroxyl groups is 1. The Morgan fingerprint density at radius 1 is 1.50 bits per heavy atom. The smallest absolute Gasteiger partial charge is 0.180 e. The van der Waals surface area contributed by atoms with E-state index in [1.54, 1.807) is 0 Å². The molecule has 0 heterocycles. The molecule has 0 fully saturated rings. The zero-order valence-corrected chi connectivity index (χ0v) is 5.14. The number of allylic oxidation sites excluding steroid dienone is 4. The van der Waals surface area contributed by atoms with Gasteiger partial charge < -0.3 is 5.11 Å². The van der Waals surface area contributed by atoms with E-state index in [2.05, 4.69) is 6.58 Å². The molecule has 0 aromatic rings. The van der Waals surface area contributed by atoms with Crippen molar-refractivity contribution < 1.29 is 13.9 Å². The van der Waals surface area contributed by atoms with Crippen LogP contribution in [0, 0.1) is 0 Å². The highest BCUT2D eigenvalue weighted by atomic mass is 19.2. The van der Waals surface area contributed by atoms with Gasteiger partial charge in [-0.2, -0.15) is 0 Å². The van der Waals surface area contributed by atoms with Crippen LogP contribution in [0.4, 0.5) is 8.78 Å². The van der Waals surface area contributed by atoms with Crippen molar-refractivity contribution in [1.82, 2.24) is 0 Å². The summed E-state index contributed by atoms with van der Waals surface area (Å²) in [4.78, 5) is 0. The Bertz CT molecular complexity index is 228. The second-order valence-electron chi connectivity index (χ2n) is 2.00. The predicted molar refractivity (Wildman–Crippen MR) is 33.9 cm³/mol. The lowest BCUT2D eigenvalue weighted by atomic mass is 10.1. The minimum atomic E-state index is -1.87. The fourth-order valence-electron chi connectivity index (χ4n) is 0.643. The fraction of sp³-hybridized carbons (Fsp3) is 0.143. The van der Waals surface area contributed by atoms with E-state index in [0.717, 1.165) is 6.08 Å². The van der Waals surface area contributed by atoms with Crippen molar-refractivity contribution in [2.75, 3.05) is 0 Å². The zero-order valence-electron chi connectivity index (χ0n) is 5.14. The van der Waals surface area contributed by atoms with Crippen molar-refractivity contribution in [3.63, 3.8) is 0 Å². The first kappa shape index (κ1) is 6.99. The first-order valence-corrected chi connectivity index (χ1v) is 2.72. The fourth-order valence-corrected chi connectivity index (χ4v) is 0.643. The Labute approximate surface area is 57.0 Å². The molecule has 0 aromatic carbocycles. The molecule has 0 aromatic heterocycles. The van der Waals surface area contributed by atoms with Crippen molar-refractivity contribution >= 4 is 0 Å². The minimum Gasteiger partial charge on any atom is -0.505 e. The van der Waals surface area contributed by atoms with E-state index in [4.69, 9.17) is 5.11 Å². The maximum Gasteiger partial charge on any atom is 0.180 e. The monoisotopic (exact) mass is 144 g/mol. The van der Waals surface area contributed by atoms with E-state index in [-0.39, 0.29) is 5.57 Å². The van der Waals surface area contributed by atoms with E-state index in [1.807, 2.05) is 0 Å². The minimum absolute atomic E-state index is 0.0234. The molecule has 0 spiro atoms. The molecule has 0 bridgehead atoms. The van der Waals surface area contributed by atoms with Crippen LogP contribution in [0.25, 0.3) is 0 Å². The molecule has 3 heteroatoms. The molecule has 1 aliphatic carbocycles. The van der Waals surface area contributed by atoms with Gasteiger partial charge in [-0.3, -0.25) is 0 Å². The van der Waals surface area contributed by atoms with Crippen LogP contribution in [-0.4, -0.2) is 11.3 Å². The van der Waals surface area contributed by atoms with Gasteiger partial charge in [-0.25, -0.2) is 8.78 Å². The lowest BCUT2D eigenvalue weighted by molar-refractivity contribution is 0.321. The summed E-state index contributed by atoms with van der Waals surface area (Å²) in [6.07, 6.45) is 0.446. The number of halogens is 2. The van der Waals surface area contributed by atoms with E-state index < -0.39 is 17.8 Å². The second kappa shape index (κ2) is 2.25. The molecular weight excluding hydrogens is 138 g/mol. The van der Waals surface area contributed by atoms with Crippen LogP contribution < -0.4 is 0 Å².